The number of rotatable bonds is 20. The molecule has 0 amide bonds. The minimum absolute atomic E-state index is 0.0373. The highest BCUT2D eigenvalue weighted by molar-refractivity contribution is 5.72. The number of nitrogens with zero attached hydrogens (tertiary/aromatic N) is 4. The standard InChI is InChI=1S/C40H52N4O4/c1-6-7-8-9-10-11-12-13-14-15-22-47-26-32(44-46)27-48-33-18-21-36(37(45)25-33)40-42-38(34-19-16-28(2)23-30(34)4)41-39(43-40)35-20-17-29(3)24-31(35)5/h16-21,23-25,32,45H,6-15,22,26-27H2,1-5H3. The molecule has 1 aromatic heterocycles. The first kappa shape index (κ1) is 36.7. The summed E-state index contributed by atoms with van der Waals surface area (Å²) < 4.78 is 11.6. The van der Waals surface area contributed by atoms with Gasteiger partial charge in [0.15, 0.2) is 17.5 Å². The molecule has 0 saturated heterocycles. The van der Waals surface area contributed by atoms with Crippen LogP contribution in [0.15, 0.2) is 59.8 Å². The van der Waals surface area contributed by atoms with E-state index in [4.69, 9.17) is 24.4 Å². The number of aromatic hydroxyl groups is 1. The average molecular weight is 653 g/mol. The number of nitroso groups, excluding NO2 is 1. The van der Waals surface area contributed by atoms with Crippen molar-refractivity contribution in [2.45, 2.75) is 105 Å². The molecule has 8 heteroatoms. The van der Waals surface area contributed by atoms with Gasteiger partial charge in [-0.2, -0.15) is 4.91 Å². The summed E-state index contributed by atoms with van der Waals surface area (Å²) in [4.78, 5) is 25.9. The van der Waals surface area contributed by atoms with Crippen molar-refractivity contribution in [1.82, 2.24) is 15.0 Å². The molecule has 4 rings (SSSR count). The van der Waals surface area contributed by atoms with Crippen molar-refractivity contribution in [3.05, 3.63) is 81.8 Å². The van der Waals surface area contributed by atoms with Crippen LogP contribution in [0.3, 0.4) is 0 Å². The van der Waals surface area contributed by atoms with Crippen molar-refractivity contribution in [3.63, 3.8) is 0 Å². The van der Waals surface area contributed by atoms with Gasteiger partial charge in [-0.05, 0) is 57.4 Å². The summed E-state index contributed by atoms with van der Waals surface area (Å²) in [5.74, 6) is 1.80. The molecule has 4 aromatic rings. The molecule has 48 heavy (non-hydrogen) atoms. The molecule has 256 valence electrons. The number of phenols is 1. The summed E-state index contributed by atoms with van der Waals surface area (Å²) in [5.41, 5.74) is 6.67. The summed E-state index contributed by atoms with van der Waals surface area (Å²) in [5, 5.41) is 14.3. The number of aryl methyl sites for hydroxylation is 4. The zero-order valence-electron chi connectivity index (χ0n) is 29.4. The van der Waals surface area contributed by atoms with Crippen molar-refractivity contribution in [2.24, 2.45) is 5.18 Å². The zero-order valence-corrected chi connectivity index (χ0v) is 29.4. The molecule has 0 aliphatic carbocycles. The highest BCUT2D eigenvalue weighted by atomic mass is 16.5. The molecule has 3 aromatic carbocycles. The van der Waals surface area contributed by atoms with Gasteiger partial charge in [0.2, 0.25) is 0 Å². The molecule has 1 unspecified atom stereocenters. The molecule has 1 atom stereocenters. The second-order valence-electron chi connectivity index (χ2n) is 12.9. The molecule has 1 heterocycles. The summed E-state index contributed by atoms with van der Waals surface area (Å²) in [6, 6.07) is 16.6. The molecular weight excluding hydrogens is 600 g/mol. The van der Waals surface area contributed by atoms with E-state index in [1.165, 1.54) is 57.4 Å². The lowest BCUT2D eigenvalue weighted by Gasteiger charge is -2.14. The van der Waals surface area contributed by atoms with Gasteiger partial charge in [0.25, 0.3) is 0 Å². The van der Waals surface area contributed by atoms with Gasteiger partial charge in [0, 0.05) is 23.8 Å². The van der Waals surface area contributed by atoms with Crippen LogP contribution in [0, 0.1) is 32.6 Å². The van der Waals surface area contributed by atoms with E-state index < -0.39 is 6.04 Å². The summed E-state index contributed by atoms with van der Waals surface area (Å²) in [7, 11) is 0. The van der Waals surface area contributed by atoms with E-state index in [0.29, 0.717) is 35.4 Å². The van der Waals surface area contributed by atoms with Crippen LogP contribution in [0.1, 0.15) is 93.4 Å². The Balaban J connectivity index is 1.37. The van der Waals surface area contributed by atoms with Gasteiger partial charge in [-0.25, -0.2) is 15.0 Å². The second-order valence-corrected chi connectivity index (χ2v) is 12.9. The Morgan fingerprint density at radius 1 is 0.646 bits per heavy atom. The fraction of sp³-hybridized carbons (Fsp3) is 0.475. The largest absolute Gasteiger partial charge is 0.507 e. The molecule has 0 radical (unpaired) electrons. The minimum atomic E-state index is -0.640. The van der Waals surface area contributed by atoms with Crippen molar-refractivity contribution >= 4 is 0 Å². The van der Waals surface area contributed by atoms with Crippen LogP contribution in [0.2, 0.25) is 0 Å². The lowest BCUT2D eigenvalue weighted by molar-refractivity contribution is 0.102. The molecule has 0 aliphatic heterocycles. The number of benzene rings is 3. The van der Waals surface area contributed by atoms with Crippen LogP contribution in [-0.4, -0.2) is 45.9 Å². The molecule has 0 bridgehead atoms. The molecular formula is C40H52N4O4. The van der Waals surface area contributed by atoms with Crippen molar-refractivity contribution < 1.29 is 14.6 Å². The third-order valence-corrected chi connectivity index (χ3v) is 8.64. The number of aromatic nitrogens is 3. The number of hydrogen-bond acceptors (Lipinski definition) is 8. The van der Waals surface area contributed by atoms with Gasteiger partial charge in [-0.3, -0.25) is 0 Å². The third-order valence-electron chi connectivity index (χ3n) is 8.64. The van der Waals surface area contributed by atoms with Gasteiger partial charge in [-0.15, -0.1) is 0 Å². The van der Waals surface area contributed by atoms with Crippen LogP contribution in [0.25, 0.3) is 34.2 Å². The van der Waals surface area contributed by atoms with Crippen LogP contribution in [-0.2, 0) is 4.74 Å². The fourth-order valence-corrected chi connectivity index (χ4v) is 5.87. The molecule has 0 saturated carbocycles. The molecule has 0 aliphatic rings. The topological polar surface area (TPSA) is 107 Å². The van der Waals surface area contributed by atoms with Crippen LogP contribution >= 0.6 is 0 Å². The van der Waals surface area contributed by atoms with Gasteiger partial charge in [0.05, 0.1) is 12.2 Å². The van der Waals surface area contributed by atoms with E-state index in [2.05, 4.69) is 38.1 Å². The maximum atomic E-state index is 11.5. The zero-order chi connectivity index (χ0) is 34.3. The predicted molar refractivity (Wildman–Crippen MR) is 194 cm³/mol. The minimum Gasteiger partial charge on any atom is -0.507 e. The summed E-state index contributed by atoms with van der Waals surface area (Å²) in [6.45, 7) is 11.3. The predicted octanol–water partition coefficient (Wildman–Crippen LogP) is 10.3. The SMILES string of the molecule is CCCCCCCCCCCCOCC(COc1ccc(-c2nc(-c3ccc(C)cc3C)nc(-c3ccc(C)cc3C)n2)c(O)c1)N=O. The lowest BCUT2D eigenvalue weighted by Crippen LogP contribution is -2.21. The van der Waals surface area contributed by atoms with E-state index in [0.717, 1.165) is 46.2 Å². The average Bonchev–Trinajstić information content (AvgIpc) is 3.06. The van der Waals surface area contributed by atoms with Gasteiger partial charge >= 0.3 is 0 Å². The van der Waals surface area contributed by atoms with Crippen LogP contribution in [0.5, 0.6) is 11.5 Å². The molecule has 0 fully saturated rings. The Labute approximate surface area is 286 Å². The maximum absolute atomic E-state index is 11.5. The molecule has 8 nitrogen and oxygen atoms in total. The van der Waals surface area contributed by atoms with Gasteiger partial charge in [0.1, 0.15) is 24.1 Å². The first-order chi connectivity index (χ1) is 23.3. The first-order valence-corrected chi connectivity index (χ1v) is 17.6. The number of phenolic OH excluding ortho intramolecular Hbond substituents is 1. The Kier molecular flexibility index (Phi) is 14.5. The first-order valence-electron chi connectivity index (χ1n) is 17.6. The number of ether oxygens (including phenoxy) is 2. The lowest BCUT2D eigenvalue weighted by atomic mass is 10.0. The third kappa shape index (κ3) is 10.9. The number of hydrogen-bond donors (Lipinski definition) is 1. The fourth-order valence-electron chi connectivity index (χ4n) is 5.87. The normalized spacial score (nSPS) is 11.9. The Morgan fingerprint density at radius 2 is 1.15 bits per heavy atom. The van der Waals surface area contributed by atoms with Crippen molar-refractivity contribution in [3.8, 4) is 45.7 Å². The quantitative estimate of drug-likeness (QED) is 0.0748. The van der Waals surface area contributed by atoms with E-state index in [1.807, 2.05) is 38.1 Å². The van der Waals surface area contributed by atoms with Crippen LogP contribution in [0.4, 0.5) is 0 Å². The van der Waals surface area contributed by atoms with E-state index in [1.54, 1.807) is 12.1 Å². The van der Waals surface area contributed by atoms with E-state index >= 15 is 0 Å². The van der Waals surface area contributed by atoms with Gasteiger partial charge in [-0.1, -0.05) is 117 Å². The van der Waals surface area contributed by atoms with Gasteiger partial charge < -0.3 is 14.6 Å². The Bertz CT molecular complexity index is 1550. The Hall–Kier alpha value is -4.17. The molecule has 0 spiro atoms. The summed E-state index contributed by atoms with van der Waals surface area (Å²) >= 11 is 0. The highest BCUT2D eigenvalue weighted by Crippen LogP contribution is 2.34. The highest BCUT2D eigenvalue weighted by Gasteiger charge is 2.18. The van der Waals surface area contributed by atoms with Crippen molar-refractivity contribution in [2.75, 3.05) is 19.8 Å². The van der Waals surface area contributed by atoms with E-state index in [-0.39, 0.29) is 19.0 Å². The van der Waals surface area contributed by atoms with Crippen LogP contribution < -0.4 is 4.74 Å². The second kappa shape index (κ2) is 19.0. The number of unbranched alkanes of at least 4 members (excludes halogenated alkanes) is 9. The summed E-state index contributed by atoms with van der Waals surface area (Å²) in [6.07, 6.45) is 12.6. The van der Waals surface area contributed by atoms with E-state index in [9.17, 15) is 10.0 Å². The maximum Gasteiger partial charge on any atom is 0.167 e. The monoisotopic (exact) mass is 652 g/mol. The Morgan fingerprint density at radius 3 is 1.65 bits per heavy atom. The smallest absolute Gasteiger partial charge is 0.167 e. The van der Waals surface area contributed by atoms with Crippen molar-refractivity contribution in [1.29, 1.82) is 0 Å². The molecule has 1 N–H and O–H groups in total.